The van der Waals surface area contributed by atoms with Crippen LogP contribution in [-0.2, 0) is 14.3 Å². The van der Waals surface area contributed by atoms with E-state index in [4.69, 9.17) is 14.6 Å². The van der Waals surface area contributed by atoms with E-state index < -0.39 is 36.2 Å². The van der Waals surface area contributed by atoms with E-state index in [0.717, 1.165) is 5.56 Å². The molecule has 0 aliphatic heterocycles. The molecule has 0 aromatic heterocycles. The van der Waals surface area contributed by atoms with E-state index in [0.29, 0.717) is 17.7 Å². The van der Waals surface area contributed by atoms with Crippen molar-refractivity contribution >= 4 is 17.8 Å². The standard InChI is InChI=1S/C26H33NO6/c1-17(2)15-21(27-25(31)33-26(3,4)5)24(30)23(18-9-7-6-8-10-18)19-11-13-20(14-12-19)32-16-22(28)29/h6-14,17,21,23H,15-16H2,1-5H3,(H,27,31)(H,28,29)/t21-,23-/m0/s1. The van der Waals surface area contributed by atoms with Gasteiger partial charge < -0.3 is 19.9 Å². The lowest BCUT2D eigenvalue weighted by Gasteiger charge is -2.27. The molecular weight excluding hydrogens is 422 g/mol. The second kappa shape index (κ2) is 11.5. The largest absolute Gasteiger partial charge is 0.482 e. The number of carboxylic acids is 1. The molecule has 1 amide bonds. The van der Waals surface area contributed by atoms with Gasteiger partial charge in [-0.2, -0.15) is 0 Å². The molecule has 0 heterocycles. The highest BCUT2D eigenvalue weighted by Gasteiger charge is 2.32. The number of carbonyl (C=O) groups is 3. The summed E-state index contributed by atoms with van der Waals surface area (Å²) >= 11 is 0. The molecule has 2 rings (SSSR count). The summed E-state index contributed by atoms with van der Waals surface area (Å²) in [7, 11) is 0. The molecule has 178 valence electrons. The molecule has 7 nitrogen and oxygen atoms in total. The van der Waals surface area contributed by atoms with Crippen LogP contribution >= 0.6 is 0 Å². The molecule has 0 unspecified atom stereocenters. The van der Waals surface area contributed by atoms with Crippen LogP contribution < -0.4 is 10.1 Å². The number of hydrogen-bond acceptors (Lipinski definition) is 5. The van der Waals surface area contributed by atoms with Crippen molar-refractivity contribution in [2.45, 2.75) is 58.6 Å². The summed E-state index contributed by atoms with van der Waals surface area (Å²) in [5.74, 6) is -1.29. The van der Waals surface area contributed by atoms with E-state index in [-0.39, 0.29) is 11.7 Å². The first-order chi connectivity index (χ1) is 15.5. The topological polar surface area (TPSA) is 102 Å². The molecule has 0 aliphatic carbocycles. The zero-order valence-electron chi connectivity index (χ0n) is 19.8. The van der Waals surface area contributed by atoms with Gasteiger partial charge in [-0.25, -0.2) is 9.59 Å². The van der Waals surface area contributed by atoms with Gasteiger partial charge in [0.15, 0.2) is 12.4 Å². The van der Waals surface area contributed by atoms with Crippen molar-refractivity contribution in [2.24, 2.45) is 5.92 Å². The van der Waals surface area contributed by atoms with E-state index >= 15 is 0 Å². The van der Waals surface area contributed by atoms with E-state index in [9.17, 15) is 14.4 Å². The average molecular weight is 456 g/mol. The van der Waals surface area contributed by atoms with Gasteiger partial charge >= 0.3 is 12.1 Å². The zero-order valence-corrected chi connectivity index (χ0v) is 19.8. The lowest BCUT2D eigenvalue weighted by Crippen LogP contribution is -2.46. The van der Waals surface area contributed by atoms with Gasteiger partial charge in [-0.1, -0.05) is 56.3 Å². The molecule has 7 heteroatoms. The third kappa shape index (κ3) is 8.60. The molecule has 2 atom stereocenters. The summed E-state index contributed by atoms with van der Waals surface area (Å²) in [6.07, 6.45) is -0.174. The number of alkyl carbamates (subject to hydrolysis) is 1. The molecule has 0 saturated heterocycles. The predicted molar refractivity (Wildman–Crippen MR) is 125 cm³/mol. The SMILES string of the molecule is CC(C)C[C@H](NC(=O)OC(C)(C)C)C(=O)[C@@H](c1ccccc1)c1ccc(OCC(=O)O)cc1. The summed E-state index contributed by atoms with van der Waals surface area (Å²) in [6.45, 7) is 8.84. The quantitative estimate of drug-likeness (QED) is 0.534. The third-order valence-corrected chi connectivity index (χ3v) is 4.73. The lowest BCUT2D eigenvalue weighted by atomic mass is 9.83. The number of nitrogens with one attached hydrogen (secondary N) is 1. The van der Waals surface area contributed by atoms with Gasteiger partial charge in [-0.3, -0.25) is 4.79 Å². The van der Waals surface area contributed by atoms with Crippen molar-refractivity contribution in [3.8, 4) is 5.75 Å². The highest BCUT2D eigenvalue weighted by atomic mass is 16.6. The predicted octanol–water partition coefficient (Wildman–Crippen LogP) is 4.79. The third-order valence-electron chi connectivity index (χ3n) is 4.73. The van der Waals surface area contributed by atoms with Crippen LogP contribution in [0.25, 0.3) is 0 Å². The molecular formula is C26H33NO6. The molecule has 0 aliphatic rings. The summed E-state index contributed by atoms with van der Waals surface area (Å²) < 4.78 is 10.6. The smallest absolute Gasteiger partial charge is 0.408 e. The highest BCUT2D eigenvalue weighted by molar-refractivity contribution is 5.95. The second-order valence-corrected chi connectivity index (χ2v) is 9.33. The molecule has 2 aromatic carbocycles. The van der Waals surface area contributed by atoms with E-state index in [1.165, 1.54) is 0 Å². The van der Waals surface area contributed by atoms with Gasteiger partial charge in [0.2, 0.25) is 0 Å². The Bertz CT molecular complexity index is 932. The Morgan fingerprint density at radius 1 is 0.939 bits per heavy atom. The fourth-order valence-corrected chi connectivity index (χ4v) is 3.44. The number of amides is 1. The number of carboxylic acid groups (broad SMARTS) is 1. The number of hydrogen-bond donors (Lipinski definition) is 2. The number of ether oxygens (including phenoxy) is 2. The van der Waals surface area contributed by atoms with Crippen molar-refractivity contribution in [1.82, 2.24) is 5.32 Å². The molecule has 0 saturated carbocycles. The van der Waals surface area contributed by atoms with Crippen molar-refractivity contribution < 1.29 is 29.0 Å². The number of rotatable bonds is 10. The summed E-state index contributed by atoms with van der Waals surface area (Å²) in [6, 6.07) is 15.4. The molecule has 2 N–H and O–H groups in total. The van der Waals surface area contributed by atoms with Gasteiger partial charge in [0.05, 0.1) is 12.0 Å². The van der Waals surface area contributed by atoms with Gasteiger partial charge in [0.1, 0.15) is 11.4 Å². The van der Waals surface area contributed by atoms with Crippen LogP contribution in [0.5, 0.6) is 5.75 Å². The number of Topliss-reactive ketones (excluding diaryl/α,β-unsaturated/α-hetero) is 1. The second-order valence-electron chi connectivity index (χ2n) is 9.33. The van der Waals surface area contributed by atoms with Crippen molar-refractivity contribution in [2.75, 3.05) is 6.61 Å². The fraction of sp³-hybridized carbons (Fsp3) is 0.423. The normalized spacial score (nSPS) is 13.2. The first-order valence-electron chi connectivity index (χ1n) is 11.0. The van der Waals surface area contributed by atoms with Crippen LogP contribution in [0.2, 0.25) is 0 Å². The zero-order chi connectivity index (χ0) is 24.6. The Kier molecular flexibility index (Phi) is 9.02. The average Bonchev–Trinajstić information content (AvgIpc) is 2.72. The van der Waals surface area contributed by atoms with Crippen LogP contribution in [0, 0.1) is 5.92 Å². The molecule has 33 heavy (non-hydrogen) atoms. The van der Waals surface area contributed by atoms with Crippen LogP contribution in [0.15, 0.2) is 54.6 Å². The number of carbonyl (C=O) groups excluding carboxylic acids is 2. The van der Waals surface area contributed by atoms with Crippen molar-refractivity contribution in [3.63, 3.8) is 0 Å². The Balaban J connectivity index is 2.37. The van der Waals surface area contributed by atoms with E-state index in [1.54, 1.807) is 45.0 Å². The van der Waals surface area contributed by atoms with E-state index in [1.807, 2.05) is 44.2 Å². The minimum absolute atomic E-state index is 0.153. The molecule has 0 spiro atoms. The highest BCUT2D eigenvalue weighted by Crippen LogP contribution is 2.30. The van der Waals surface area contributed by atoms with Gasteiger partial charge in [-0.15, -0.1) is 0 Å². The summed E-state index contributed by atoms with van der Waals surface area (Å²) in [5.41, 5.74) is 0.829. The van der Waals surface area contributed by atoms with Gasteiger partial charge in [0.25, 0.3) is 0 Å². The summed E-state index contributed by atoms with van der Waals surface area (Å²) in [4.78, 5) is 37.0. The molecule has 0 fully saturated rings. The first-order valence-corrected chi connectivity index (χ1v) is 11.0. The summed E-state index contributed by atoms with van der Waals surface area (Å²) in [5, 5.41) is 11.6. The number of ketones is 1. The first kappa shape index (κ1) is 25.9. The van der Waals surface area contributed by atoms with Crippen molar-refractivity contribution in [3.05, 3.63) is 65.7 Å². The minimum atomic E-state index is -1.07. The number of aliphatic carboxylic acids is 1. The maximum absolute atomic E-state index is 13.8. The van der Waals surface area contributed by atoms with Crippen LogP contribution in [0.1, 0.15) is 58.1 Å². The molecule has 2 aromatic rings. The van der Waals surface area contributed by atoms with Crippen LogP contribution in [-0.4, -0.2) is 41.2 Å². The Hall–Kier alpha value is -3.35. The van der Waals surface area contributed by atoms with Crippen molar-refractivity contribution in [1.29, 1.82) is 0 Å². The fourth-order valence-electron chi connectivity index (χ4n) is 3.44. The molecule has 0 radical (unpaired) electrons. The maximum atomic E-state index is 13.8. The van der Waals surface area contributed by atoms with Gasteiger partial charge in [0, 0.05) is 0 Å². The van der Waals surface area contributed by atoms with E-state index in [2.05, 4.69) is 5.32 Å². The Morgan fingerprint density at radius 2 is 1.52 bits per heavy atom. The Morgan fingerprint density at radius 3 is 2.03 bits per heavy atom. The monoisotopic (exact) mass is 455 g/mol. The number of benzene rings is 2. The minimum Gasteiger partial charge on any atom is -0.482 e. The van der Waals surface area contributed by atoms with Crippen LogP contribution in [0.3, 0.4) is 0 Å². The lowest BCUT2D eigenvalue weighted by molar-refractivity contribution is -0.139. The van der Waals surface area contributed by atoms with Gasteiger partial charge in [-0.05, 0) is 56.4 Å². The van der Waals surface area contributed by atoms with Crippen LogP contribution in [0.4, 0.5) is 4.79 Å². The maximum Gasteiger partial charge on any atom is 0.408 e. The molecule has 0 bridgehead atoms. The Labute approximate surface area is 195 Å².